The molecule has 2 heterocycles. The molecule has 3 rings (SSSR count). The molecule has 0 radical (unpaired) electrons. The monoisotopic (exact) mass is 293 g/mol. The van der Waals surface area contributed by atoms with Crippen LogP contribution in [0.1, 0.15) is 24.0 Å². The number of halogens is 1. The highest BCUT2D eigenvalue weighted by Crippen LogP contribution is 2.25. The van der Waals surface area contributed by atoms with Gasteiger partial charge in [-0.05, 0) is 56.0 Å². The van der Waals surface area contributed by atoms with Gasteiger partial charge in [0.05, 0.1) is 18.8 Å². The third-order valence-electron chi connectivity index (χ3n) is 4.83. The first kappa shape index (κ1) is 14.9. The summed E-state index contributed by atoms with van der Waals surface area (Å²) in [4.78, 5) is 2.50. The molecule has 3 unspecified atom stereocenters. The fraction of sp³-hybridized carbons (Fsp3) is 0.625. The number of nitrogens with one attached hydrogen (secondary N) is 1. The molecule has 3 atom stereocenters. The van der Waals surface area contributed by atoms with Crippen LogP contribution in [0.5, 0.6) is 0 Å². The Morgan fingerprint density at radius 2 is 2.38 bits per heavy atom. The summed E-state index contributed by atoms with van der Waals surface area (Å²) in [6.07, 6.45) is 3.23. The lowest BCUT2D eigenvalue weighted by atomic mass is 9.97. The summed E-state index contributed by atoms with van der Waals surface area (Å²) in [5.41, 5.74) is 4.95. The molecular weight excluding hydrogens is 269 g/mol. The zero-order valence-electron chi connectivity index (χ0n) is 12.5. The molecule has 1 aromatic carbocycles. The topological polar surface area (TPSA) is 50.5 Å². The van der Waals surface area contributed by atoms with Crippen LogP contribution < -0.4 is 11.3 Å². The maximum atomic E-state index is 13.4. The minimum atomic E-state index is -0.199. The molecule has 0 spiro atoms. The van der Waals surface area contributed by atoms with Gasteiger partial charge < -0.3 is 4.74 Å². The average molecular weight is 293 g/mol. The third kappa shape index (κ3) is 3.26. The van der Waals surface area contributed by atoms with E-state index in [2.05, 4.69) is 10.3 Å². The number of benzene rings is 1. The molecule has 0 aromatic heterocycles. The molecule has 0 amide bonds. The van der Waals surface area contributed by atoms with E-state index in [4.69, 9.17) is 10.6 Å². The zero-order chi connectivity index (χ0) is 14.8. The van der Waals surface area contributed by atoms with Gasteiger partial charge in [0.2, 0.25) is 0 Å². The lowest BCUT2D eigenvalue weighted by Crippen LogP contribution is -2.56. The molecule has 2 saturated heterocycles. The highest BCUT2D eigenvalue weighted by atomic mass is 19.1. The smallest absolute Gasteiger partial charge is 0.123 e. The molecular formula is C16H24FN3O. The second-order valence-electron chi connectivity index (χ2n) is 6.21. The lowest BCUT2D eigenvalue weighted by molar-refractivity contribution is -0.0644. The van der Waals surface area contributed by atoms with Crippen molar-refractivity contribution in [2.45, 2.75) is 44.4 Å². The first-order valence-corrected chi connectivity index (χ1v) is 7.74. The van der Waals surface area contributed by atoms with E-state index in [1.54, 1.807) is 6.07 Å². The minimum absolute atomic E-state index is 0.00653. The van der Waals surface area contributed by atoms with E-state index >= 15 is 0 Å². The zero-order valence-corrected chi connectivity index (χ0v) is 12.5. The van der Waals surface area contributed by atoms with Crippen LogP contribution in [0.4, 0.5) is 4.39 Å². The van der Waals surface area contributed by atoms with Gasteiger partial charge in [0.1, 0.15) is 5.82 Å². The molecule has 0 saturated carbocycles. The Bertz CT molecular complexity index is 496. The molecule has 3 N–H and O–H groups in total. The highest BCUT2D eigenvalue weighted by Gasteiger charge is 2.35. The summed E-state index contributed by atoms with van der Waals surface area (Å²) in [7, 11) is 0. The van der Waals surface area contributed by atoms with Crippen molar-refractivity contribution in [2.24, 2.45) is 5.84 Å². The third-order valence-corrected chi connectivity index (χ3v) is 4.83. The number of hydrogen-bond acceptors (Lipinski definition) is 4. The normalized spacial score (nSPS) is 27.6. The number of ether oxygens (including phenoxy) is 1. The Hall–Kier alpha value is -1.01. The van der Waals surface area contributed by atoms with Crippen molar-refractivity contribution in [3.05, 3.63) is 35.1 Å². The molecule has 2 aliphatic rings. The van der Waals surface area contributed by atoms with E-state index in [-0.39, 0.29) is 18.0 Å². The van der Waals surface area contributed by atoms with Gasteiger partial charge in [-0.3, -0.25) is 16.2 Å². The van der Waals surface area contributed by atoms with Gasteiger partial charge in [-0.2, -0.15) is 0 Å². The molecule has 0 bridgehead atoms. The van der Waals surface area contributed by atoms with Crippen LogP contribution in [-0.2, 0) is 11.2 Å². The quantitative estimate of drug-likeness (QED) is 0.650. The van der Waals surface area contributed by atoms with Crippen molar-refractivity contribution in [1.82, 2.24) is 10.3 Å². The van der Waals surface area contributed by atoms with Crippen LogP contribution in [0.25, 0.3) is 0 Å². The van der Waals surface area contributed by atoms with Crippen LogP contribution in [0.15, 0.2) is 18.2 Å². The van der Waals surface area contributed by atoms with E-state index < -0.39 is 0 Å². The Morgan fingerprint density at radius 3 is 3.19 bits per heavy atom. The SMILES string of the molecule is Cc1ccc(F)cc1CC(NN)C1CN2CCCC2CO1. The molecule has 1 aromatic rings. The van der Waals surface area contributed by atoms with Crippen molar-refractivity contribution in [2.75, 3.05) is 19.7 Å². The maximum absolute atomic E-state index is 13.4. The Morgan fingerprint density at radius 1 is 1.52 bits per heavy atom. The fourth-order valence-electron chi connectivity index (χ4n) is 3.48. The molecule has 2 aliphatic heterocycles. The van der Waals surface area contributed by atoms with Gasteiger partial charge in [0.15, 0.2) is 0 Å². The maximum Gasteiger partial charge on any atom is 0.123 e. The van der Waals surface area contributed by atoms with Crippen molar-refractivity contribution < 1.29 is 9.13 Å². The summed E-state index contributed by atoms with van der Waals surface area (Å²) in [5.74, 6) is 5.54. The van der Waals surface area contributed by atoms with Gasteiger partial charge in [0, 0.05) is 12.6 Å². The van der Waals surface area contributed by atoms with Gasteiger partial charge in [0.25, 0.3) is 0 Å². The van der Waals surface area contributed by atoms with Crippen LogP contribution in [0.2, 0.25) is 0 Å². The number of nitrogens with zero attached hydrogens (tertiary/aromatic N) is 1. The largest absolute Gasteiger partial charge is 0.374 e. The van der Waals surface area contributed by atoms with Crippen molar-refractivity contribution in [3.8, 4) is 0 Å². The van der Waals surface area contributed by atoms with E-state index in [1.807, 2.05) is 13.0 Å². The first-order valence-electron chi connectivity index (χ1n) is 7.74. The molecule has 5 heteroatoms. The molecule has 116 valence electrons. The van der Waals surface area contributed by atoms with Crippen LogP contribution >= 0.6 is 0 Å². The Balaban J connectivity index is 1.68. The van der Waals surface area contributed by atoms with Crippen LogP contribution in [-0.4, -0.2) is 42.8 Å². The first-order chi connectivity index (χ1) is 10.2. The predicted molar refractivity (Wildman–Crippen MR) is 80.3 cm³/mol. The number of hydrazine groups is 1. The summed E-state index contributed by atoms with van der Waals surface area (Å²) < 4.78 is 19.4. The second-order valence-corrected chi connectivity index (χ2v) is 6.21. The number of nitrogens with two attached hydrogens (primary N) is 1. The second kappa shape index (κ2) is 6.40. The van der Waals surface area contributed by atoms with E-state index in [9.17, 15) is 4.39 Å². The van der Waals surface area contributed by atoms with Gasteiger partial charge in [-0.15, -0.1) is 0 Å². The highest BCUT2D eigenvalue weighted by molar-refractivity contribution is 5.27. The summed E-state index contributed by atoms with van der Waals surface area (Å²) >= 11 is 0. The van der Waals surface area contributed by atoms with E-state index in [0.717, 1.165) is 30.8 Å². The van der Waals surface area contributed by atoms with Crippen molar-refractivity contribution in [1.29, 1.82) is 0 Å². The average Bonchev–Trinajstić information content (AvgIpc) is 2.95. The molecule has 2 fully saturated rings. The lowest BCUT2D eigenvalue weighted by Gasteiger charge is -2.38. The number of morpholine rings is 1. The predicted octanol–water partition coefficient (Wildman–Crippen LogP) is 1.37. The molecule has 4 nitrogen and oxygen atoms in total. The number of hydrogen-bond donors (Lipinski definition) is 2. The standard InChI is InChI=1S/C16H24FN3O/c1-11-4-5-13(17)7-12(11)8-15(19-18)16-9-20-6-2-3-14(20)10-21-16/h4-5,7,14-16,19H,2-3,6,8-10,18H2,1H3. The van der Waals surface area contributed by atoms with E-state index in [1.165, 1.54) is 18.9 Å². The summed E-state index contributed by atoms with van der Waals surface area (Å²) in [5, 5.41) is 0. The molecule has 0 aliphatic carbocycles. The minimum Gasteiger partial charge on any atom is -0.374 e. The summed E-state index contributed by atoms with van der Waals surface area (Å²) in [6, 6.07) is 5.50. The number of rotatable bonds is 4. The number of fused-ring (bicyclic) bond motifs is 1. The van der Waals surface area contributed by atoms with Crippen LogP contribution in [0, 0.1) is 12.7 Å². The van der Waals surface area contributed by atoms with Gasteiger partial charge >= 0.3 is 0 Å². The van der Waals surface area contributed by atoms with Gasteiger partial charge in [-0.25, -0.2) is 4.39 Å². The van der Waals surface area contributed by atoms with E-state index in [0.29, 0.717) is 12.5 Å². The molecule has 21 heavy (non-hydrogen) atoms. The Labute approximate surface area is 125 Å². The van der Waals surface area contributed by atoms with Crippen LogP contribution in [0.3, 0.4) is 0 Å². The Kier molecular flexibility index (Phi) is 4.54. The van der Waals surface area contributed by atoms with Crippen molar-refractivity contribution >= 4 is 0 Å². The summed E-state index contributed by atoms with van der Waals surface area (Å²) in [6.45, 7) is 4.85. The van der Waals surface area contributed by atoms with Gasteiger partial charge in [-0.1, -0.05) is 6.07 Å². The fourth-order valence-corrected chi connectivity index (χ4v) is 3.48. The number of aryl methyl sites for hydroxylation is 1. The van der Waals surface area contributed by atoms with Crippen molar-refractivity contribution in [3.63, 3.8) is 0 Å².